The zero-order chi connectivity index (χ0) is 16.8. The lowest BCUT2D eigenvalue weighted by molar-refractivity contribution is -0.120. The number of rotatable bonds is 6. The molecule has 0 aliphatic rings. The molecule has 23 heavy (non-hydrogen) atoms. The van der Waals surface area contributed by atoms with E-state index in [1.807, 2.05) is 25.1 Å². The highest BCUT2D eigenvalue weighted by Gasteiger charge is 2.09. The van der Waals surface area contributed by atoms with Crippen molar-refractivity contribution in [1.82, 2.24) is 15.6 Å². The lowest BCUT2D eigenvalue weighted by Gasteiger charge is -2.08. The Labute approximate surface area is 139 Å². The van der Waals surface area contributed by atoms with Crippen molar-refractivity contribution in [1.29, 1.82) is 0 Å². The van der Waals surface area contributed by atoms with Crippen molar-refractivity contribution >= 4 is 39.2 Å². The second kappa shape index (κ2) is 7.92. The molecule has 0 radical (unpaired) electrons. The summed E-state index contributed by atoms with van der Waals surface area (Å²) < 4.78 is 1.03. The van der Waals surface area contributed by atoms with Gasteiger partial charge in [0.15, 0.2) is 0 Å². The van der Waals surface area contributed by atoms with Crippen LogP contribution in [0, 0.1) is 0 Å². The van der Waals surface area contributed by atoms with Crippen LogP contribution in [0.2, 0.25) is 0 Å². The van der Waals surface area contributed by atoms with Crippen LogP contribution in [0.5, 0.6) is 0 Å². The normalized spacial score (nSPS) is 10.8. The van der Waals surface area contributed by atoms with Crippen molar-refractivity contribution < 1.29 is 9.59 Å². The van der Waals surface area contributed by atoms with Crippen molar-refractivity contribution in [3.8, 4) is 0 Å². The molecular formula is C16H22N4O2S. The van der Waals surface area contributed by atoms with Crippen molar-refractivity contribution in [3.63, 3.8) is 0 Å². The Hall–Kier alpha value is -2.15. The zero-order valence-electron chi connectivity index (χ0n) is 13.6. The van der Waals surface area contributed by atoms with E-state index in [1.165, 1.54) is 0 Å². The molecule has 7 heteroatoms. The van der Waals surface area contributed by atoms with Gasteiger partial charge < -0.3 is 16.0 Å². The summed E-state index contributed by atoms with van der Waals surface area (Å²) in [5.41, 5.74) is 1.62. The van der Waals surface area contributed by atoms with Crippen LogP contribution in [-0.4, -0.2) is 30.0 Å². The van der Waals surface area contributed by atoms with E-state index in [0.29, 0.717) is 18.2 Å². The van der Waals surface area contributed by atoms with Gasteiger partial charge in [0.2, 0.25) is 5.91 Å². The molecule has 1 aromatic carbocycles. The van der Waals surface area contributed by atoms with E-state index in [9.17, 15) is 9.59 Å². The molecule has 2 rings (SSSR count). The number of nitrogens with zero attached hydrogens (tertiary/aromatic N) is 1. The Morgan fingerprint density at radius 3 is 2.74 bits per heavy atom. The number of carbonyl (C=O) groups is 2. The quantitative estimate of drug-likeness (QED) is 0.759. The van der Waals surface area contributed by atoms with E-state index >= 15 is 0 Å². The number of hydrogen-bond acceptors (Lipinski definition) is 4. The lowest BCUT2D eigenvalue weighted by atomic mass is 10.2. The first-order valence-corrected chi connectivity index (χ1v) is 8.53. The molecule has 0 saturated carbocycles. The van der Waals surface area contributed by atoms with Crippen LogP contribution < -0.4 is 16.0 Å². The number of urea groups is 1. The smallest absolute Gasteiger partial charge is 0.319 e. The second-order valence-electron chi connectivity index (χ2n) is 5.55. The molecular weight excluding hydrogens is 312 g/mol. The minimum Gasteiger partial charge on any atom is -0.355 e. The Morgan fingerprint density at radius 1 is 1.26 bits per heavy atom. The van der Waals surface area contributed by atoms with E-state index in [0.717, 1.165) is 21.6 Å². The predicted octanol–water partition coefficient (Wildman–Crippen LogP) is 3.07. The molecule has 124 valence electrons. The van der Waals surface area contributed by atoms with Crippen molar-refractivity contribution in [2.24, 2.45) is 0 Å². The van der Waals surface area contributed by atoms with Crippen molar-refractivity contribution in [2.45, 2.75) is 33.1 Å². The monoisotopic (exact) mass is 334 g/mol. The van der Waals surface area contributed by atoms with Crippen LogP contribution in [0.25, 0.3) is 10.2 Å². The molecule has 0 bridgehead atoms. The molecule has 1 heterocycles. The standard InChI is InChI=1S/C16H22N4O2S/c1-4-7-17-14(21)9-18-16(22)19-11-5-6-12-13(8-11)23-15(20-12)10(2)3/h5-6,8,10H,4,7,9H2,1-3H3,(H,17,21)(H2,18,19,22). The largest absolute Gasteiger partial charge is 0.355 e. The van der Waals surface area contributed by atoms with Gasteiger partial charge in [-0.05, 0) is 24.6 Å². The lowest BCUT2D eigenvalue weighted by Crippen LogP contribution is -2.39. The average molecular weight is 334 g/mol. The highest BCUT2D eigenvalue weighted by Crippen LogP contribution is 2.29. The van der Waals surface area contributed by atoms with Crippen LogP contribution in [0.15, 0.2) is 18.2 Å². The van der Waals surface area contributed by atoms with Crippen LogP contribution >= 0.6 is 11.3 Å². The van der Waals surface area contributed by atoms with Gasteiger partial charge in [-0.1, -0.05) is 20.8 Å². The van der Waals surface area contributed by atoms with Crippen LogP contribution in [0.3, 0.4) is 0 Å². The zero-order valence-corrected chi connectivity index (χ0v) is 14.4. The molecule has 1 aromatic heterocycles. The maximum absolute atomic E-state index is 11.8. The van der Waals surface area contributed by atoms with E-state index in [4.69, 9.17) is 0 Å². The summed E-state index contributed by atoms with van der Waals surface area (Å²) in [6.07, 6.45) is 0.866. The van der Waals surface area contributed by atoms with E-state index in [1.54, 1.807) is 11.3 Å². The number of amides is 3. The van der Waals surface area contributed by atoms with E-state index in [-0.39, 0.29) is 12.5 Å². The van der Waals surface area contributed by atoms with Gasteiger partial charge in [-0.15, -0.1) is 11.3 Å². The maximum Gasteiger partial charge on any atom is 0.319 e. The third-order valence-electron chi connectivity index (χ3n) is 3.14. The van der Waals surface area contributed by atoms with Gasteiger partial charge in [-0.3, -0.25) is 4.79 Å². The molecule has 0 saturated heterocycles. The highest BCUT2D eigenvalue weighted by molar-refractivity contribution is 7.18. The topological polar surface area (TPSA) is 83.1 Å². The molecule has 0 aliphatic heterocycles. The molecule has 3 amide bonds. The number of nitrogens with one attached hydrogen (secondary N) is 3. The molecule has 0 spiro atoms. The number of anilines is 1. The fourth-order valence-corrected chi connectivity index (χ4v) is 2.94. The first-order valence-electron chi connectivity index (χ1n) is 7.71. The van der Waals surface area contributed by atoms with Crippen LogP contribution in [0.4, 0.5) is 10.5 Å². The van der Waals surface area contributed by atoms with Gasteiger partial charge in [-0.2, -0.15) is 0 Å². The summed E-state index contributed by atoms with van der Waals surface area (Å²) in [6.45, 7) is 6.76. The van der Waals surface area contributed by atoms with E-state index < -0.39 is 6.03 Å². The van der Waals surface area contributed by atoms with Crippen molar-refractivity contribution in [3.05, 3.63) is 23.2 Å². The molecule has 2 aromatic rings. The third kappa shape index (κ3) is 4.92. The molecule has 3 N–H and O–H groups in total. The van der Waals surface area contributed by atoms with Crippen molar-refractivity contribution in [2.75, 3.05) is 18.4 Å². The predicted molar refractivity (Wildman–Crippen MR) is 94.0 cm³/mol. The van der Waals surface area contributed by atoms with Crippen LogP contribution in [-0.2, 0) is 4.79 Å². The molecule has 0 unspecified atom stereocenters. The van der Waals surface area contributed by atoms with Gasteiger partial charge in [0.1, 0.15) is 0 Å². The van der Waals surface area contributed by atoms with E-state index in [2.05, 4.69) is 34.8 Å². The summed E-state index contributed by atoms with van der Waals surface area (Å²) >= 11 is 1.63. The summed E-state index contributed by atoms with van der Waals surface area (Å²) in [5.74, 6) is 0.190. The van der Waals surface area contributed by atoms with Gasteiger partial charge in [0, 0.05) is 18.2 Å². The number of aromatic nitrogens is 1. The Kier molecular flexibility index (Phi) is 5.92. The second-order valence-corrected chi connectivity index (χ2v) is 6.61. The number of hydrogen-bond donors (Lipinski definition) is 3. The number of benzene rings is 1. The first kappa shape index (κ1) is 17.2. The molecule has 6 nitrogen and oxygen atoms in total. The summed E-state index contributed by atoms with van der Waals surface area (Å²) in [4.78, 5) is 27.8. The summed E-state index contributed by atoms with van der Waals surface area (Å²) in [7, 11) is 0. The summed E-state index contributed by atoms with van der Waals surface area (Å²) in [5, 5.41) is 9.05. The van der Waals surface area contributed by atoms with Gasteiger partial charge in [-0.25, -0.2) is 9.78 Å². The minimum atomic E-state index is -0.399. The van der Waals surface area contributed by atoms with Gasteiger partial charge in [0.25, 0.3) is 0 Å². The fraction of sp³-hybridized carbons (Fsp3) is 0.438. The molecule has 0 aliphatic carbocycles. The molecule has 0 atom stereocenters. The SMILES string of the molecule is CCCNC(=O)CNC(=O)Nc1ccc2nc(C(C)C)sc2c1. The highest BCUT2D eigenvalue weighted by atomic mass is 32.1. The van der Waals surface area contributed by atoms with Gasteiger partial charge in [0.05, 0.1) is 21.8 Å². The number of carbonyl (C=O) groups excluding carboxylic acids is 2. The Bertz CT molecular complexity index is 696. The fourth-order valence-electron chi connectivity index (χ4n) is 1.93. The maximum atomic E-state index is 11.8. The Balaban J connectivity index is 1.93. The number of thiazole rings is 1. The minimum absolute atomic E-state index is 0.0356. The summed E-state index contributed by atoms with van der Waals surface area (Å²) in [6, 6.07) is 5.20. The molecule has 0 fully saturated rings. The average Bonchev–Trinajstić information content (AvgIpc) is 2.94. The van der Waals surface area contributed by atoms with Gasteiger partial charge >= 0.3 is 6.03 Å². The third-order valence-corrected chi connectivity index (χ3v) is 4.46. The first-order chi connectivity index (χ1) is 11.0. The number of fused-ring (bicyclic) bond motifs is 1. The Morgan fingerprint density at radius 2 is 2.04 bits per heavy atom. The van der Waals surface area contributed by atoms with Crippen LogP contribution in [0.1, 0.15) is 38.1 Å².